The fourth-order valence-electron chi connectivity index (χ4n) is 2.98. The first-order chi connectivity index (χ1) is 11.2. The largest absolute Gasteiger partial charge is 0.456 e. The van der Waals surface area contributed by atoms with Crippen molar-refractivity contribution in [2.75, 3.05) is 26.2 Å². The average molecular weight is 313 g/mol. The molecule has 0 saturated carbocycles. The number of rotatable bonds is 4. The van der Waals surface area contributed by atoms with Gasteiger partial charge in [-0.05, 0) is 30.7 Å². The molecule has 122 valence electrons. The van der Waals surface area contributed by atoms with E-state index in [0.29, 0.717) is 11.8 Å². The molecule has 0 bridgehead atoms. The molecule has 3 rings (SSSR count). The molecule has 1 amide bonds. The van der Waals surface area contributed by atoms with Gasteiger partial charge in [0, 0.05) is 51.0 Å². The number of aromatic nitrogens is 1. The molecule has 3 heterocycles. The summed E-state index contributed by atoms with van der Waals surface area (Å²) in [5.74, 6) is 1.31. The predicted molar refractivity (Wildman–Crippen MR) is 88.2 cm³/mol. The summed E-state index contributed by atoms with van der Waals surface area (Å²) in [5.41, 5.74) is 1.21. The summed E-state index contributed by atoms with van der Waals surface area (Å²) in [6, 6.07) is 8.05. The summed E-state index contributed by atoms with van der Waals surface area (Å²) >= 11 is 0. The van der Waals surface area contributed by atoms with Gasteiger partial charge in [-0.3, -0.25) is 14.7 Å². The van der Waals surface area contributed by atoms with Crippen molar-refractivity contribution >= 4 is 5.91 Å². The monoisotopic (exact) mass is 313 g/mol. The number of amides is 1. The van der Waals surface area contributed by atoms with E-state index in [0.717, 1.165) is 38.4 Å². The lowest BCUT2D eigenvalue weighted by Crippen LogP contribution is -2.49. The third kappa shape index (κ3) is 3.45. The van der Waals surface area contributed by atoms with Crippen molar-refractivity contribution in [1.29, 1.82) is 0 Å². The van der Waals surface area contributed by atoms with Gasteiger partial charge in [0.1, 0.15) is 5.76 Å². The van der Waals surface area contributed by atoms with E-state index in [1.807, 2.05) is 30.2 Å². The molecule has 2 aromatic heterocycles. The maximum Gasteiger partial charge on any atom is 0.289 e. The van der Waals surface area contributed by atoms with Crippen molar-refractivity contribution < 1.29 is 9.21 Å². The molecular weight excluding hydrogens is 290 g/mol. The van der Waals surface area contributed by atoms with E-state index in [1.54, 1.807) is 12.3 Å². The Morgan fingerprint density at radius 2 is 2.04 bits per heavy atom. The minimum Gasteiger partial charge on any atom is -0.456 e. The molecule has 0 N–H and O–H groups in total. The Labute approximate surface area is 136 Å². The highest BCUT2D eigenvalue weighted by atomic mass is 16.4. The van der Waals surface area contributed by atoms with Crippen LogP contribution in [0.25, 0.3) is 0 Å². The fourth-order valence-corrected chi connectivity index (χ4v) is 2.98. The van der Waals surface area contributed by atoms with Crippen LogP contribution in [0.4, 0.5) is 0 Å². The Bertz CT molecular complexity index is 645. The zero-order valence-corrected chi connectivity index (χ0v) is 13.7. The van der Waals surface area contributed by atoms with Gasteiger partial charge in [0.15, 0.2) is 5.76 Å². The van der Waals surface area contributed by atoms with Gasteiger partial charge < -0.3 is 9.32 Å². The van der Waals surface area contributed by atoms with Crippen molar-refractivity contribution in [2.45, 2.75) is 26.3 Å². The normalized spacial score (nSPS) is 17.2. The van der Waals surface area contributed by atoms with Crippen molar-refractivity contribution in [3.8, 4) is 0 Å². The molecule has 5 heteroatoms. The smallest absolute Gasteiger partial charge is 0.289 e. The molecule has 1 saturated heterocycles. The number of hydrogen-bond acceptors (Lipinski definition) is 4. The summed E-state index contributed by atoms with van der Waals surface area (Å²) in [5, 5.41) is 0. The highest BCUT2D eigenvalue weighted by molar-refractivity contribution is 5.91. The number of hydrogen-bond donors (Lipinski definition) is 0. The van der Waals surface area contributed by atoms with Gasteiger partial charge in [0.25, 0.3) is 5.91 Å². The zero-order valence-electron chi connectivity index (χ0n) is 13.7. The van der Waals surface area contributed by atoms with E-state index in [4.69, 9.17) is 4.42 Å². The van der Waals surface area contributed by atoms with E-state index in [2.05, 4.69) is 22.9 Å². The van der Waals surface area contributed by atoms with Crippen LogP contribution in [0.15, 0.2) is 41.1 Å². The Kier molecular flexibility index (Phi) is 4.76. The number of carbonyl (C=O) groups excluding carboxylic acids is 1. The van der Waals surface area contributed by atoms with Crippen LogP contribution in [-0.4, -0.2) is 46.9 Å². The summed E-state index contributed by atoms with van der Waals surface area (Å²) in [6.07, 6.45) is 4.52. The van der Waals surface area contributed by atoms with Gasteiger partial charge >= 0.3 is 0 Å². The van der Waals surface area contributed by atoms with Crippen LogP contribution in [-0.2, 0) is 6.42 Å². The van der Waals surface area contributed by atoms with E-state index < -0.39 is 0 Å². The van der Waals surface area contributed by atoms with E-state index >= 15 is 0 Å². The van der Waals surface area contributed by atoms with Crippen LogP contribution in [0, 0.1) is 0 Å². The lowest BCUT2D eigenvalue weighted by atomic mass is 10.1. The van der Waals surface area contributed by atoms with Crippen LogP contribution in [0.2, 0.25) is 0 Å². The molecule has 5 nitrogen and oxygen atoms in total. The summed E-state index contributed by atoms with van der Waals surface area (Å²) in [4.78, 5) is 20.9. The molecule has 1 atom stereocenters. The van der Waals surface area contributed by atoms with Gasteiger partial charge in [0.2, 0.25) is 0 Å². The summed E-state index contributed by atoms with van der Waals surface area (Å²) in [7, 11) is 0. The van der Waals surface area contributed by atoms with Crippen LogP contribution < -0.4 is 0 Å². The molecule has 23 heavy (non-hydrogen) atoms. The third-order valence-corrected chi connectivity index (χ3v) is 4.54. The first kappa shape index (κ1) is 15.7. The van der Waals surface area contributed by atoms with Gasteiger partial charge in [-0.2, -0.15) is 0 Å². The highest BCUT2D eigenvalue weighted by Gasteiger charge is 2.26. The topological polar surface area (TPSA) is 49.6 Å². The summed E-state index contributed by atoms with van der Waals surface area (Å²) in [6.45, 7) is 7.39. The Hall–Kier alpha value is -2.14. The Morgan fingerprint density at radius 3 is 2.65 bits per heavy atom. The number of piperazine rings is 1. The van der Waals surface area contributed by atoms with E-state index in [9.17, 15) is 4.79 Å². The Morgan fingerprint density at radius 1 is 1.26 bits per heavy atom. The minimum atomic E-state index is -0.00150. The molecular formula is C18H23N3O2. The number of nitrogens with zero attached hydrogens (tertiary/aromatic N) is 3. The van der Waals surface area contributed by atoms with Gasteiger partial charge in [-0.15, -0.1) is 0 Å². The molecule has 1 aliphatic heterocycles. The second-order valence-electron chi connectivity index (χ2n) is 5.91. The fraction of sp³-hybridized carbons (Fsp3) is 0.444. The van der Waals surface area contributed by atoms with Crippen molar-refractivity contribution in [1.82, 2.24) is 14.8 Å². The van der Waals surface area contributed by atoms with E-state index in [-0.39, 0.29) is 5.91 Å². The maximum atomic E-state index is 12.5. The molecule has 1 aliphatic rings. The van der Waals surface area contributed by atoms with Gasteiger partial charge in [-0.25, -0.2) is 0 Å². The Balaban J connectivity index is 1.59. The van der Waals surface area contributed by atoms with Crippen LogP contribution in [0.5, 0.6) is 0 Å². The SMILES string of the molecule is CCc1ccc(C(=O)N2CCN(C(C)c3cccnc3)CC2)o1. The lowest BCUT2D eigenvalue weighted by Gasteiger charge is -2.37. The highest BCUT2D eigenvalue weighted by Crippen LogP contribution is 2.21. The molecule has 0 aliphatic carbocycles. The average Bonchev–Trinajstić information content (AvgIpc) is 3.10. The summed E-state index contributed by atoms with van der Waals surface area (Å²) < 4.78 is 5.58. The lowest BCUT2D eigenvalue weighted by molar-refractivity contribution is 0.0551. The predicted octanol–water partition coefficient (Wildman–Crippen LogP) is 2.76. The van der Waals surface area contributed by atoms with Crippen molar-refractivity contribution in [2.24, 2.45) is 0 Å². The number of furan rings is 1. The van der Waals surface area contributed by atoms with Gasteiger partial charge in [-0.1, -0.05) is 13.0 Å². The van der Waals surface area contributed by atoms with Gasteiger partial charge in [0.05, 0.1) is 0 Å². The molecule has 0 spiro atoms. The second kappa shape index (κ2) is 6.96. The molecule has 0 aromatic carbocycles. The van der Waals surface area contributed by atoms with Crippen molar-refractivity contribution in [3.05, 3.63) is 53.7 Å². The van der Waals surface area contributed by atoms with Crippen LogP contribution >= 0.6 is 0 Å². The number of aryl methyl sites for hydroxylation is 1. The third-order valence-electron chi connectivity index (χ3n) is 4.54. The number of carbonyl (C=O) groups is 1. The molecule has 2 aromatic rings. The standard InChI is InChI=1S/C18H23N3O2/c1-3-16-6-7-17(23-16)18(22)21-11-9-20(10-12-21)14(2)15-5-4-8-19-13-15/h4-8,13-14H,3,9-12H2,1-2H3. The van der Waals surface area contributed by atoms with Crippen molar-refractivity contribution in [3.63, 3.8) is 0 Å². The quantitative estimate of drug-likeness (QED) is 0.871. The van der Waals surface area contributed by atoms with Crippen LogP contribution in [0.1, 0.15) is 41.8 Å². The van der Waals surface area contributed by atoms with Crippen LogP contribution in [0.3, 0.4) is 0 Å². The molecule has 1 fully saturated rings. The van der Waals surface area contributed by atoms with E-state index in [1.165, 1.54) is 5.56 Å². The minimum absolute atomic E-state index is 0.00150. The maximum absolute atomic E-state index is 12.5. The number of pyridine rings is 1. The molecule has 1 unspecified atom stereocenters. The first-order valence-corrected chi connectivity index (χ1v) is 8.21. The molecule has 0 radical (unpaired) electrons. The first-order valence-electron chi connectivity index (χ1n) is 8.21. The second-order valence-corrected chi connectivity index (χ2v) is 5.91. The zero-order chi connectivity index (χ0) is 16.2.